The molecule has 134 valence electrons. The third-order valence-electron chi connectivity index (χ3n) is 3.98. The molecule has 0 radical (unpaired) electrons. The molecule has 2 aromatic rings. The highest BCUT2D eigenvalue weighted by molar-refractivity contribution is 7.49. The number of hydrogen-bond acceptors (Lipinski definition) is 3. The fraction of sp³-hybridized carbons (Fsp3) is 0.381. The highest BCUT2D eigenvalue weighted by atomic mass is 31.1. The van der Waals surface area contributed by atoms with E-state index in [1.54, 1.807) is 0 Å². The Labute approximate surface area is 152 Å². The van der Waals surface area contributed by atoms with Gasteiger partial charge in [0.25, 0.3) is 0 Å². The number of rotatable bonds is 7. The van der Waals surface area contributed by atoms with Crippen molar-refractivity contribution in [1.29, 1.82) is 0 Å². The molecule has 0 unspecified atom stereocenters. The predicted octanol–water partition coefficient (Wildman–Crippen LogP) is 3.45. The van der Waals surface area contributed by atoms with Crippen LogP contribution in [0.5, 0.6) is 5.75 Å². The predicted molar refractivity (Wildman–Crippen MR) is 104 cm³/mol. The van der Waals surface area contributed by atoms with Crippen molar-refractivity contribution in [2.75, 3.05) is 19.8 Å². The van der Waals surface area contributed by atoms with E-state index in [2.05, 4.69) is 19.1 Å². The van der Waals surface area contributed by atoms with Crippen LogP contribution in [0.25, 0.3) is 0 Å². The van der Waals surface area contributed by atoms with Gasteiger partial charge in [-0.15, -0.1) is 5.48 Å². The summed E-state index contributed by atoms with van der Waals surface area (Å²) >= 11 is 0. The van der Waals surface area contributed by atoms with Crippen molar-refractivity contribution >= 4 is 19.0 Å². The van der Waals surface area contributed by atoms with E-state index in [-0.39, 0.29) is 5.48 Å². The van der Waals surface area contributed by atoms with Crippen molar-refractivity contribution in [2.45, 2.75) is 34.6 Å². The summed E-state index contributed by atoms with van der Waals surface area (Å²) in [4.78, 5) is 0. The highest BCUT2D eigenvalue weighted by Crippen LogP contribution is 2.20. The van der Waals surface area contributed by atoms with E-state index < -0.39 is 0 Å². The van der Waals surface area contributed by atoms with E-state index in [1.165, 1.54) is 5.56 Å². The van der Waals surface area contributed by atoms with E-state index in [9.17, 15) is 5.11 Å². The first-order valence-electron chi connectivity index (χ1n) is 8.57. The molecule has 0 aliphatic rings. The first-order chi connectivity index (χ1) is 11.9. The second-order valence-electron chi connectivity index (χ2n) is 6.18. The Hall–Kier alpha value is -1.67. The molecule has 2 rings (SSSR count). The van der Waals surface area contributed by atoms with Crippen molar-refractivity contribution < 1.29 is 14.6 Å². The van der Waals surface area contributed by atoms with Crippen molar-refractivity contribution in [3.8, 4) is 5.75 Å². The standard InChI is InChI=1S/C21H27O3P/c1-6-23-9-10-24-18-7-8-19(15(3)13-18)25-21(22)20-16(4)11-14(2)12-17(20)5/h7-8,11-13,22H,6,9-10H2,1-5H3/p-1. The molecular formula is C21H26O3P-. The maximum Gasteiger partial charge on any atom is 0.119 e. The molecule has 3 nitrogen and oxygen atoms in total. The molecule has 0 amide bonds. The topological polar surface area (TPSA) is 41.5 Å². The number of benzene rings is 2. The molecule has 0 bridgehead atoms. The van der Waals surface area contributed by atoms with Crippen LogP contribution < -0.4 is 15.1 Å². The molecule has 0 aromatic heterocycles. The van der Waals surface area contributed by atoms with Crippen molar-refractivity contribution in [2.24, 2.45) is 0 Å². The fourth-order valence-corrected chi connectivity index (χ4v) is 3.96. The average Bonchev–Trinajstić information content (AvgIpc) is 2.53. The molecule has 0 N–H and O–H groups in total. The largest absolute Gasteiger partial charge is 0.823 e. The zero-order valence-corrected chi connectivity index (χ0v) is 16.6. The summed E-state index contributed by atoms with van der Waals surface area (Å²) in [6, 6.07) is 10.0. The Bertz CT molecular complexity index is 743. The second-order valence-corrected chi connectivity index (χ2v) is 7.30. The van der Waals surface area contributed by atoms with Gasteiger partial charge < -0.3 is 14.6 Å². The Morgan fingerprint density at radius 2 is 1.64 bits per heavy atom. The molecule has 2 aromatic carbocycles. The minimum absolute atomic E-state index is 0.142. The zero-order valence-electron chi connectivity index (χ0n) is 15.7. The summed E-state index contributed by atoms with van der Waals surface area (Å²) in [5.74, 6) is 0.811. The maximum absolute atomic E-state index is 12.8. The number of hydrogen-bond donors (Lipinski definition) is 0. The monoisotopic (exact) mass is 357 g/mol. The zero-order chi connectivity index (χ0) is 18.4. The maximum atomic E-state index is 12.8. The van der Waals surface area contributed by atoms with Crippen LogP contribution in [0, 0.1) is 27.7 Å². The molecule has 0 saturated heterocycles. The molecular weight excluding hydrogens is 331 g/mol. The van der Waals surface area contributed by atoms with E-state index in [4.69, 9.17) is 9.47 Å². The Morgan fingerprint density at radius 1 is 0.960 bits per heavy atom. The SMILES string of the molecule is CCOCCOc1ccc(P=C([O-])c2c(C)cc(C)cc2C)c(C)c1. The van der Waals surface area contributed by atoms with Gasteiger partial charge >= 0.3 is 0 Å². The van der Waals surface area contributed by atoms with E-state index in [0.29, 0.717) is 28.0 Å². The van der Waals surface area contributed by atoms with Crippen LogP contribution in [-0.2, 0) is 4.74 Å². The van der Waals surface area contributed by atoms with Crippen LogP contribution in [0.15, 0.2) is 30.3 Å². The molecule has 0 aliphatic heterocycles. The lowest BCUT2D eigenvalue weighted by Crippen LogP contribution is -2.21. The highest BCUT2D eigenvalue weighted by Gasteiger charge is 2.05. The Morgan fingerprint density at radius 3 is 2.24 bits per heavy atom. The van der Waals surface area contributed by atoms with Crippen LogP contribution >= 0.6 is 8.20 Å². The van der Waals surface area contributed by atoms with E-state index >= 15 is 0 Å². The number of ether oxygens (including phenoxy) is 2. The van der Waals surface area contributed by atoms with Crippen LogP contribution in [0.3, 0.4) is 0 Å². The van der Waals surface area contributed by atoms with Crippen molar-refractivity contribution in [3.05, 3.63) is 58.1 Å². The lowest BCUT2D eigenvalue weighted by Gasteiger charge is -2.19. The lowest BCUT2D eigenvalue weighted by molar-refractivity contribution is -0.207. The molecule has 0 aliphatic carbocycles. The lowest BCUT2D eigenvalue weighted by atomic mass is 10.0. The molecule has 0 spiro atoms. The van der Waals surface area contributed by atoms with Gasteiger partial charge in [-0.05, 0) is 75.1 Å². The van der Waals surface area contributed by atoms with Gasteiger partial charge in [0, 0.05) is 11.9 Å². The van der Waals surface area contributed by atoms with Crippen LogP contribution in [0.1, 0.15) is 34.7 Å². The van der Waals surface area contributed by atoms with Gasteiger partial charge in [-0.25, -0.2) is 0 Å². The molecule has 0 saturated carbocycles. The minimum Gasteiger partial charge on any atom is -0.823 e. The first kappa shape index (κ1) is 19.7. The third-order valence-corrected chi connectivity index (χ3v) is 5.15. The van der Waals surface area contributed by atoms with Gasteiger partial charge in [0.05, 0.1) is 6.61 Å². The molecule has 0 atom stereocenters. The first-order valence-corrected chi connectivity index (χ1v) is 9.47. The number of aryl methyl sites for hydroxylation is 4. The van der Waals surface area contributed by atoms with E-state index in [0.717, 1.165) is 33.3 Å². The average molecular weight is 357 g/mol. The van der Waals surface area contributed by atoms with Gasteiger partial charge in [0.1, 0.15) is 12.4 Å². The quantitative estimate of drug-likeness (QED) is 0.563. The Kier molecular flexibility index (Phi) is 7.19. The third kappa shape index (κ3) is 5.40. The van der Waals surface area contributed by atoms with Gasteiger partial charge in [-0.2, -0.15) is 0 Å². The van der Waals surface area contributed by atoms with Crippen molar-refractivity contribution in [1.82, 2.24) is 0 Å². The summed E-state index contributed by atoms with van der Waals surface area (Å²) in [6.45, 7) is 11.9. The van der Waals surface area contributed by atoms with Crippen LogP contribution in [-0.4, -0.2) is 25.3 Å². The molecule has 0 fully saturated rings. The van der Waals surface area contributed by atoms with Gasteiger partial charge in [-0.1, -0.05) is 25.9 Å². The normalized spacial score (nSPS) is 11.7. The van der Waals surface area contributed by atoms with Gasteiger partial charge in [0.15, 0.2) is 0 Å². The Balaban J connectivity index is 2.20. The molecule has 0 heterocycles. The van der Waals surface area contributed by atoms with Crippen molar-refractivity contribution in [3.63, 3.8) is 0 Å². The molecule has 25 heavy (non-hydrogen) atoms. The summed E-state index contributed by atoms with van der Waals surface area (Å²) in [5.41, 5.74) is 5.32. The smallest absolute Gasteiger partial charge is 0.119 e. The van der Waals surface area contributed by atoms with Crippen LogP contribution in [0.2, 0.25) is 0 Å². The van der Waals surface area contributed by atoms with Gasteiger partial charge in [-0.3, -0.25) is 0 Å². The van der Waals surface area contributed by atoms with Gasteiger partial charge in [0.2, 0.25) is 0 Å². The summed E-state index contributed by atoms with van der Waals surface area (Å²) in [7, 11) is 0.701. The van der Waals surface area contributed by atoms with E-state index in [1.807, 2.05) is 45.9 Å². The van der Waals surface area contributed by atoms with Crippen LogP contribution in [0.4, 0.5) is 0 Å². The second kappa shape index (κ2) is 9.15. The molecule has 4 heteroatoms. The summed E-state index contributed by atoms with van der Waals surface area (Å²) < 4.78 is 10.9. The fourth-order valence-electron chi connectivity index (χ4n) is 2.89. The summed E-state index contributed by atoms with van der Waals surface area (Å²) in [6.07, 6.45) is 0. The summed E-state index contributed by atoms with van der Waals surface area (Å²) in [5, 5.41) is 13.8. The minimum atomic E-state index is 0.142.